The highest BCUT2D eigenvalue weighted by Crippen LogP contribution is 2.18. The first-order chi connectivity index (χ1) is 9.70. The number of aromatic nitrogens is 2. The number of ether oxygens (including phenoxy) is 1. The van der Waals surface area contributed by atoms with E-state index in [0.717, 1.165) is 22.6 Å². The van der Waals surface area contributed by atoms with Crippen LogP contribution in [0.3, 0.4) is 0 Å². The van der Waals surface area contributed by atoms with Crippen LogP contribution in [0.25, 0.3) is 0 Å². The Morgan fingerprint density at radius 3 is 2.80 bits per heavy atom. The fourth-order valence-corrected chi connectivity index (χ4v) is 1.61. The number of rotatable bonds is 4. The second-order valence-corrected chi connectivity index (χ2v) is 4.34. The topological polar surface area (TPSA) is 68.4 Å². The molecule has 1 heterocycles. The maximum Gasteiger partial charge on any atom is 0.145 e. The molecule has 0 aliphatic rings. The monoisotopic (exact) mass is 272 g/mol. The van der Waals surface area contributed by atoms with Gasteiger partial charge in [0.1, 0.15) is 23.7 Å². The van der Waals surface area contributed by atoms with Crippen molar-refractivity contribution in [1.82, 2.24) is 10.3 Å². The number of aliphatic hydroxyl groups excluding tert-OH is 1. The molecular formula is C15H16N2O3. The van der Waals surface area contributed by atoms with Gasteiger partial charge in [-0.25, -0.2) is 4.63 Å². The molecule has 104 valence electrons. The molecule has 20 heavy (non-hydrogen) atoms. The molecule has 0 radical (unpaired) electrons. The summed E-state index contributed by atoms with van der Waals surface area (Å²) in [6.07, 6.45) is 0.482. The van der Waals surface area contributed by atoms with Gasteiger partial charge in [0.25, 0.3) is 0 Å². The first-order valence-electron chi connectivity index (χ1n) is 6.32. The van der Waals surface area contributed by atoms with E-state index in [1.165, 1.54) is 0 Å². The third-order valence-electron chi connectivity index (χ3n) is 2.78. The molecule has 0 aliphatic carbocycles. The predicted octanol–water partition coefficient (Wildman–Crippen LogP) is 2.00. The summed E-state index contributed by atoms with van der Waals surface area (Å²) in [4.78, 5) is 0. The Balaban J connectivity index is 2.02. The van der Waals surface area contributed by atoms with E-state index in [1.807, 2.05) is 32.0 Å². The molecule has 0 fully saturated rings. The number of hydrogen-bond acceptors (Lipinski definition) is 5. The van der Waals surface area contributed by atoms with Gasteiger partial charge in [-0.3, -0.25) is 0 Å². The van der Waals surface area contributed by atoms with E-state index >= 15 is 0 Å². The molecule has 0 saturated carbocycles. The van der Waals surface area contributed by atoms with E-state index in [1.54, 1.807) is 0 Å². The zero-order valence-electron chi connectivity index (χ0n) is 11.5. The van der Waals surface area contributed by atoms with Crippen molar-refractivity contribution in [1.29, 1.82) is 0 Å². The lowest BCUT2D eigenvalue weighted by molar-refractivity contribution is 0.270. The van der Waals surface area contributed by atoms with E-state index in [-0.39, 0.29) is 6.61 Å². The van der Waals surface area contributed by atoms with Crippen LogP contribution in [0.4, 0.5) is 0 Å². The number of benzene rings is 1. The van der Waals surface area contributed by atoms with Crippen LogP contribution >= 0.6 is 0 Å². The molecule has 1 N–H and O–H groups in total. The summed E-state index contributed by atoms with van der Waals surface area (Å²) in [6, 6.07) is 5.69. The SMILES string of the molecule is Cc1cc(OCc2nonc2C)ccc1C#CCCO. The van der Waals surface area contributed by atoms with Crippen molar-refractivity contribution < 1.29 is 14.5 Å². The number of aliphatic hydroxyl groups is 1. The van der Waals surface area contributed by atoms with Crippen LogP contribution in [0.2, 0.25) is 0 Å². The molecule has 0 amide bonds. The maximum atomic E-state index is 8.70. The molecule has 1 aromatic heterocycles. The van der Waals surface area contributed by atoms with Crippen molar-refractivity contribution in [3.63, 3.8) is 0 Å². The van der Waals surface area contributed by atoms with E-state index in [4.69, 9.17) is 9.84 Å². The van der Waals surface area contributed by atoms with E-state index in [2.05, 4.69) is 26.8 Å². The molecule has 1 aromatic carbocycles. The van der Waals surface area contributed by atoms with Crippen LogP contribution in [0, 0.1) is 25.7 Å². The predicted molar refractivity (Wildman–Crippen MR) is 73.1 cm³/mol. The highest BCUT2D eigenvalue weighted by atomic mass is 16.6. The van der Waals surface area contributed by atoms with Gasteiger partial charge in [0, 0.05) is 12.0 Å². The minimum absolute atomic E-state index is 0.0817. The molecule has 0 saturated heterocycles. The van der Waals surface area contributed by atoms with Gasteiger partial charge in [0.15, 0.2) is 0 Å². The lowest BCUT2D eigenvalue weighted by atomic mass is 10.1. The fourth-order valence-electron chi connectivity index (χ4n) is 1.61. The number of hydrogen-bond donors (Lipinski definition) is 1. The molecular weight excluding hydrogens is 256 g/mol. The number of nitrogens with zero attached hydrogens (tertiary/aromatic N) is 2. The van der Waals surface area contributed by atoms with Crippen LogP contribution in [0.15, 0.2) is 22.8 Å². The normalized spacial score (nSPS) is 9.95. The van der Waals surface area contributed by atoms with E-state index < -0.39 is 0 Å². The van der Waals surface area contributed by atoms with Gasteiger partial charge in [-0.05, 0) is 37.6 Å². The second kappa shape index (κ2) is 6.73. The van der Waals surface area contributed by atoms with Crippen molar-refractivity contribution in [2.45, 2.75) is 26.9 Å². The first-order valence-corrected chi connectivity index (χ1v) is 6.32. The fraction of sp³-hybridized carbons (Fsp3) is 0.333. The molecule has 0 unspecified atom stereocenters. The van der Waals surface area contributed by atoms with E-state index in [9.17, 15) is 0 Å². The Morgan fingerprint density at radius 2 is 2.15 bits per heavy atom. The van der Waals surface area contributed by atoms with Crippen LogP contribution < -0.4 is 4.74 Å². The van der Waals surface area contributed by atoms with Crippen molar-refractivity contribution in [3.05, 3.63) is 40.7 Å². The molecule has 5 heteroatoms. The first kappa shape index (κ1) is 14.1. The van der Waals surface area contributed by atoms with Crippen LogP contribution in [-0.2, 0) is 6.61 Å². The molecule has 2 rings (SSSR count). The van der Waals surface area contributed by atoms with Crippen molar-refractivity contribution in [2.24, 2.45) is 0 Å². The van der Waals surface area contributed by atoms with Gasteiger partial charge in [-0.15, -0.1) is 0 Å². The quantitative estimate of drug-likeness (QED) is 0.862. The highest BCUT2D eigenvalue weighted by molar-refractivity contribution is 5.44. The average Bonchev–Trinajstić information content (AvgIpc) is 2.84. The van der Waals surface area contributed by atoms with Gasteiger partial charge in [-0.2, -0.15) is 0 Å². The third-order valence-corrected chi connectivity index (χ3v) is 2.78. The van der Waals surface area contributed by atoms with E-state index in [0.29, 0.717) is 18.7 Å². The second-order valence-electron chi connectivity index (χ2n) is 4.34. The van der Waals surface area contributed by atoms with Gasteiger partial charge in [-0.1, -0.05) is 22.2 Å². The minimum atomic E-state index is 0.0817. The summed E-state index contributed by atoms with van der Waals surface area (Å²) in [5.74, 6) is 6.67. The molecule has 2 aromatic rings. The van der Waals surface area contributed by atoms with Crippen LogP contribution in [0.5, 0.6) is 5.75 Å². The Bertz CT molecular complexity index is 638. The summed E-state index contributed by atoms with van der Waals surface area (Å²) in [7, 11) is 0. The molecule has 0 atom stereocenters. The number of aryl methyl sites for hydroxylation is 2. The molecule has 0 spiro atoms. The van der Waals surface area contributed by atoms with Crippen molar-refractivity contribution in [3.8, 4) is 17.6 Å². The van der Waals surface area contributed by atoms with Crippen LogP contribution in [0.1, 0.15) is 28.9 Å². The Morgan fingerprint density at radius 1 is 1.30 bits per heavy atom. The van der Waals surface area contributed by atoms with Gasteiger partial charge < -0.3 is 9.84 Å². The summed E-state index contributed by atoms with van der Waals surface area (Å²) < 4.78 is 10.3. The molecule has 5 nitrogen and oxygen atoms in total. The Labute approximate surface area is 117 Å². The smallest absolute Gasteiger partial charge is 0.145 e. The van der Waals surface area contributed by atoms with Gasteiger partial charge in [0.2, 0.25) is 0 Å². The summed E-state index contributed by atoms with van der Waals surface area (Å²) >= 11 is 0. The summed E-state index contributed by atoms with van der Waals surface area (Å²) in [5, 5.41) is 16.2. The zero-order valence-corrected chi connectivity index (χ0v) is 11.5. The lowest BCUT2D eigenvalue weighted by Gasteiger charge is -2.06. The lowest BCUT2D eigenvalue weighted by Crippen LogP contribution is -1.98. The van der Waals surface area contributed by atoms with Gasteiger partial charge in [0.05, 0.1) is 6.61 Å². The molecule has 0 aliphatic heterocycles. The Hall–Kier alpha value is -2.32. The minimum Gasteiger partial charge on any atom is -0.487 e. The summed E-state index contributed by atoms with van der Waals surface area (Å²) in [5.41, 5.74) is 3.38. The van der Waals surface area contributed by atoms with Crippen molar-refractivity contribution in [2.75, 3.05) is 6.61 Å². The molecule has 0 bridgehead atoms. The van der Waals surface area contributed by atoms with Crippen molar-refractivity contribution >= 4 is 0 Å². The largest absolute Gasteiger partial charge is 0.487 e. The van der Waals surface area contributed by atoms with Crippen LogP contribution in [-0.4, -0.2) is 22.0 Å². The Kier molecular flexibility index (Phi) is 4.75. The third kappa shape index (κ3) is 3.59. The van der Waals surface area contributed by atoms with Gasteiger partial charge >= 0.3 is 0 Å². The standard InChI is InChI=1S/C15H16N2O3/c1-11-9-14(7-6-13(11)5-3-4-8-18)19-10-15-12(2)16-20-17-15/h6-7,9,18H,4,8,10H2,1-2H3. The summed E-state index contributed by atoms with van der Waals surface area (Å²) in [6.45, 7) is 4.20. The maximum absolute atomic E-state index is 8.70. The average molecular weight is 272 g/mol. The highest BCUT2D eigenvalue weighted by Gasteiger charge is 2.06. The zero-order chi connectivity index (χ0) is 14.4.